The number of anilines is 1. The van der Waals surface area contributed by atoms with Gasteiger partial charge in [0.2, 0.25) is 5.95 Å². The van der Waals surface area contributed by atoms with E-state index in [1.54, 1.807) is 13.1 Å². The van der Waals surface area contributed by atoms with Gasteiger partial charge in [-0.05, 0) is 6.92 Å². The molecule has 2 heterocycles. The Hall–Kier alpha value is -2.02. The average molecular weight is 250 g/mol. The van der Waals surface area contributed by atoms with Crippen LogP contribution in [0, 0.1) is 6.92 Å². The Labute approximate surface area is 101 Å². The van der Waals surface area contributed by atoms with Crippen LogP contribution in [-0.4, -0.2) is 26.0 Å². The summed E-state index contributed by atoms with van der Waals surface area (Å²) in [6, 6.07) is 0. The maximum atomic E-state index is 10.8. The smallest absolute Gasteiger partial charge is 0.339 e. The second kappa shape index (κ2) is 4.88. The minimum absolute atomic E-state index is 0.116. The van der Waals surface area contributed by atoms with E-state index in [4.69, 9.17) is 5.11 Å². The van der Waals surface area contributed by atoms with Crippen LogP contribution >= 0.6 is 11.3 Å². The highest BCUT2D eigenvalue weighted by Crippen LogP contribution is 2.09. The van der Waals surface area contributed by atoms with Crippen molar-refractivity contribution in [2.45, 2.75) is 13.5 Å². The van der Waals surface area contributed by atoms with Crippen molar-refractivity contribution >= 4 is 23.3 Å². The summed E-state index contributed by atoms with van der Waals surface area (Å²) in [6.07, 6.45) is 3.02. The van der Waals surface area contributed by atoms with Gasteiger partial charge < -0.3 is 10.4 Å². The molecule has 0 bridgehead atoms. The molecule has 0 aliphatic carbocycles. The van der Waals surface area contributed by atoms with Crippen LogP contribution in [0.5, 0.6) is 0 Å². The summed E-state index contributed by atoms with van der Waals surface area (Å²) < 4.78 is 0. The fraction of sp³-hybridized carbons (Fsp3) is 0.200. The molecule has 2 rings (SSSR count). The van der Waals surface area contributed by atoms with Crippen molar-refractivity contribution in [2.75, 3.05) is 5.32 Å². The summed E-state index contributed by atoms with van der Waals surface area (Å²) in [5.74, 6) is -0.614. The van der Waals surface area contributed by atoms with E-state index in [0.717, 1.165) is 5.01 Å². The third kappa shape index (κ3) is 2.76. The maximum Gasteiger partial charge on any atom is 0.339 e. The number of carbonyl (C=O) groups is 1. The van der Waals surface area contributed by atoms with Gasteiger partial charge in [-0.2, -0.15) is 0 Å². The lowest BCUT2D eigenvalue weighted by Gasteiger charge is -2.04. The summed E-state index contributed by atoms with van der Waals surface area (Å²) in [7, 11) is 0. The van der Waals surface area contributed by atoms with Crippen LogP contribution in [0.25, 0.3) is 0 Å². The Balaban J connectivity index is 2.07. The first kappa shape index (κ1) is 11.5. The van der Waals surface area contributed by atoms with Crippen LogP contribution in [0.2, 0.25) is 0 Å². The monoisotopic (exact) mass is 250 g/mol. The van der Waals surface area contributed by atoms with Gasteiger partial charge in [0, 0.05) is 17.8 Å². The zero-order chi connectivity index (χ0) is 12.3. The number of aryl methyl sites for hydroxylation is 1. The van der Waals surface area contributed by atoms with Crippen molar-refractivity contribution in [3.63, 3.8) is 0 Å². The number of carboxylic acid groups (broad SMARTS) is 1. The number of aromatic nitrogens is 3. The lowest BCUT2D eigenvalue weighted by molar-refractivity contribution is 0.0695. The fourth-order valence-electron chi connectivity index (χ4n) is 1.26. The average Bonchev–Trinajstić information content (AvgIpc) is 2.78. The van der Waals surface area contributed by atoms with Crippen molar-refractivity contribution in [1.82, 2.24) is 15.0 Å². The quantitative estimate of drug-likeness (QED) is 0.856. The van der Waals surface area contributed by atoms with Crippen LogP contribution < -0.4 is 5.32 Å². The molecule has 6 nitrogen and oxygen atoms in total. The molecular weight excluding hydrogens is 240 g/mol. The van der Waals surface area contributed by atoms with Crippen LogP contribution in [0.15, 0.2) is 17.8 Å². The Morgan fingerprint density at radius 3 is 2.94 bits per heavy atom. The van der Waals surface area contributed by atoms with Gasteiger partial charge in [0.15, 0.2) is 0 Å². The molecule has 0 aliphatic heterocycles. The van der Waals surface area contributed by atoms with E-state index in [-0.39, 0.29) is 5.56 Å². The van der Waals surface area contributed by atoms with E-state index in [1.807, 2.05) is 5.38 Å². The van der Waals surface area contributed by atoms with Gasteiger partial charge in [0.25, 0.3) is 0 Å². The summed E-state index contributed by atoms with van der Waals surface area (Å²) in [4.78, 5) is 22.9. The molecule has 0 saturated heterocycles. The number of hydrogen-bond acceptors (Lipinski definition) is 6. The van der Waals surface area contributed by atoms with Crippen molar-refractivity contribution in [3.05, 3.63) is 34.0 Å². The molecule has 2 aromatic heterocycles. The lowest BCUT2D eigenvalue weighted by atomic mass is 10.2. The molecule has 2 aromatic rings. The highest BCUT2D eigenvalue weighted by molar-refractivity contribution is 7.09. The Morgan fingerprint density at radius 2 is 2.35 bits per heavy atom. The topological polar surface area (TPSA) is 88.0 Å². The summed E-state index contributed by atoms with van der Waals surface area (Å²) in [6.45, 7) is 2.17. The molecule has 88 valence electrons. The van der Waals surface area contributed by atoms with Gasteiger partial charge in [-0.3, -0.25) is 0 Å². The predicted octanol–water partition coefficient (Wildman–Crippen LogP) is 1.55. The van der Waals surface area contributed by atoms with Gasteiger partial charge in [0.05, 0.1) is 17.8 Å². The second-order valence-electron chi connectivity index (χ2n) is 3.28. The van der Waals surface area contributed by atoms with Gasteiger partial charge in [-0.15, -0.1) is 11.3 Å². The number of rotatable bonds is 4. The van der Waals surface area contributed by atoms with Crippen LogP contribution in [0.1, 0.15) is 21.1 Å². The number of hydrogen-bond donors (Lipinski definition) is 2. The largest absolute Gasteiger partial charge is 0.478 e. The van der Waals surface area contributed by atoms with Gasteiger partial charge in [0.1, 0.15) is 5.01 Å². The fourth-order valence-corrected chi connectivity index (χ4v) is 1.81. The standard InChI is InChI=1S/C10H10N4O2S/c1-6-7(9(15)16)4-12-10(14-6)13-5-8-11-2-3-17-8/h2-4H,5H2,1H3,(H,15,16)(H,12,13,14). The first-order chi connectivity index (χ1) is 8.16. The highest BCUT2D eigenvalue weighted by atomic mass is 32.1. The van der Waals surface area contributed by atoms with Crippen molar-refractivity contribution in [3.8, 4) is 0 Å². The summed E-state index contributed by atoms with van der Waals surface area (Å²) in [5, 5.41) is 14.6. The zero-order valence-corrected chi connectivity index (χ0v) is 9.86. The third-order valence-electron chi connectivity index (χ3n) is 2.09. The normalized spacial score (nSPS) is 10.2. The molecule has 0 spiro atoms. The molecule has 0 fully saturated rings. The Bertz CT molecular complexity index is 527. The summed E-state index contributed by atoms with van der Waals surface area (Å²) >= 11 is 1.53. The molecular formula is C10H10N4O2S. The minimum Gasteiger partial charge on any atom is -0.478 e. The van der Waals surface area contributed by atoms with Crippen molar-refractivity contribution < 1.29 is 9.90 Å². The minimum atomic E-state index is -1.02. The molecule has 2 N–H and O–H groups in total. The maximum absolute atomic E-state index is 10.8. The molecule has 7 heteroatoms. The molecule has 0 radical (unpaired) electrons. The molecule has 0 aromatic carbocycles. The van der Waals surface area contributed by atoms with Crippen LogP contribution in [-0.2, 0) is 6.54 Å². The summed E-state index contributed by atoms with van der Waals surface area (Å²) in [5.41, 5.74) is 0.555. The van der Waals surface area contributed by atoms with E-state index in [2.05, 4.69) is 20.3 Å². The highest BCUT2D eigenvalue weighted by Gasteiger charge is 2.09. The number of nitrogens with zero attached hydrogens (tertiary/aromatic N) is 3. The number of carboxylic acids is 1. The number of aromatic carboxylic acids is 1. The van der Waals surface area contributed by atoms with E-state index in [0.29, 0.717) is 18.2 Å². The molecule has 17 heavy (non-hydrogen) atoms. The molecule has 0 atom stereocenters. The molecule has 0 amide bonds. The zero-order valence-electron chi connectivity index (χ0n) is 9.04. The van der Waals surface area contributed by atoms with Crippen LogP contribution in [0.3, 0.4) is 0 Å². The second-order valence-corrected chi connectivity index (χ2v) is 4.26. The molecule has 0 unspecified atom stereocenters. The van der Waals surface area contributed by atoms with E-state index in [9.17, 15) is 4.79 Å². The SMILES string of the molecule is Cc1nc(NCc2nccs2)ncc1C(=O)O. The first-order valence-corrected chi connectivity index (χ1v) is 5.74. The van der Waals surface area contributed by atoms with Crippen molar-refractivity contribution in [1.29, 1.82) is 0 Å². The molecule has 0 aliphatic rings. The number of thiazole rings is 1. The number of nitrogens with one attached hydrogen (secondary N) is 1. The van der Waals surface area contributed by atoms with Crippen LogP contribution in [0.4, 0.5) is 5.95 Å². The lowest BCUT2D eigenvalue weighted by Crippen LogP contribution is -2.08. The first-order valence-electron chi connectivity index (χ1n) is 4.86. The Kier molecular flexibility index (Phi) is 3.29. The molecule has 0 saturated carbocycles. The van der Waals surface area contributed by atoms with E-state index >= 15 is 0 Å². The van der Waals surface area contributed by atoms with Gasteiger partial charge >= 0.3 is 5.97 Å². The van der Waals surface area contributed by atoms with E-state index < -0.39 is 5.97 Å². The Morgan fingerprint density at radius 1 is 1.53 bits per heavy atom. The van der Waals surface area contributed by atoms with Gasteiger partial charge in [-0.25, -0.2) is 19.7 Å². The van der Waals surface area contributed by atoms with Gasteiger partial charge in [-0.1, -0.05) is 0 Å². The van der Waals surface area contributed by atoms with Crippen molar-refractivity contribution in [2.24, 2.45) is 0 Å². The predicted molar refractivity (Wildman–Crippen MR) is 63.2 cm³/mol. The van der Waals surface area contributed by atoms with E-state index in [1.165, 1.54) is 17.5 Å². The third-order valence-corrected chi connectivity index (χ3v) is 2.87.